The number of ether oxygens (including phenoxy) is 1. The number of aryl methyl sites for hydroxylation is 3. The number of methoxy groups -OCH3 is 1. The minimum Gasteiger partial charge on any atom is -0.497 e. The van der Waals surface area contributed by atoms with Crippen molar-refractivity contribution in [1.82, 2.24) is 10.2 Å². The standard InChI is InChI=1S/C32H41N3O5S/c1-7-8-19-33-32(37)26(5)34(21-27-13-15-28(40-6)16-14-27)31(36)22-35(30-20-24(3)9-12-25(30)4)41(38,39)29-17-10-23(2)11-18-29/h9-18,20,26H,7-8,19,21-22H2,1-6H3,(H,33,37)/t26-/m0/s1. The Bertz CT molecular complexity index is 1440. The Morgan fingerprint density at radius 3 is 2.17 bits per heavy atom. The summed E-state index contributed by atoms with van der Waals surface area (Å²) in [4.78, 5) is 28.7. The van der Waals surface area contributed by atoms with Crippen molar-refractivity contribution in [2.24, 2.45) is 0 Å². The lowest BCUT2D eigenvalue weighted by atomic mass is 10.1. The molecule has 41 heavy (non-hydrogen) atoms. The number of benzene rings is 3. The molecule has 3 rings (SSSR count). The van der Waals surface area contributed by atoms with Gasteiger partial charge in [-0.2, -0.15) is 0 Å². The zero-order chi connectivity index (χ0) is 30.2. The van der Waals surface area contributed by atoms with Crippen molar-refractivity contribution in [3.63, 3.8) is 0 Å². The van der Waals surface area contributed by atoms with Crippen LogP contribution in [0.4, 0.5) is 5.69 Å². The van der Waals surface area contributed by atoms with Crippen molar-refractivity contribution in [2.75, 3.05) is 24.5 Å². The molecule has 9 heteroatoms. The summed E-state index contributed by atoms with van der Waals surface area (Å²) >= 11 is 0. The summed E-state index contributed by atoms with van der Waals surface area (Å²) in [5.74, 6) is -0.113. The Hall–Kier alpha value is -3.85. The van der Waals surface area contributed by atoms with E-state index in [0.717, 1.165) is 33.8 Å². The fourth-order valence-corrected chi connectivity index (χ4v) is 5.86. The third-order valence-corrected chi connectivity index (χ3v) is 8.80. The molecular weight excluding hydrogens is 538 g/mol. The molecule has 0 radical (unpaired) electrons. The van der Waals surface area contributed by atoms with Crippen molar-refractivity contribution in [1.29, 1.82) is 0 Å². The summed E-state index contributed by atoms with van der Waals surface area (Å²) in [5, 5.41) is 2.90. The number of hydrogen-bond acceptors (Lipinski definition) is 5. The molecule has 0 saturated heterocycles. The van der Waals surface area contributed by atoms with Crippen LogP contribution in [0.2, 0.25) is 0 Å². The van der Waals surface area contributed by atoms with E-state index >= 15 is 0 Å². The summed E-state index contributed by atoms with van der Waals surface area (Å²) in [6, 6.07) is 18.5. The van der Waals surface area contributed by atoms with Gasteiger partial charge in [0.15, 0.2) is 0 Å². The first-order valence-corrected chi connectivity index (χ1v) is 15.3. The molecule has 8 nitrogen and oxygen atoms in total. The smallest absolute Gasteiger partial charge is 0.264 e. The summed E-state index contributed by atoms with van der Waals surface area (Å²) in [7, 11) is -2.54. The molecule has 0 aromatic heterocycles. The van der Waals surface area contributed by atoms with E-state index in [1.807, 2.05) is 52.0 Å². The molecule has 0 fully saturated rings. The Balaban J connectivity index is 2.03. The molecule has 0 saturated carbocycles. The quantitative estimate of drug-likeness (QED) is 0.283. The minimum atomic E-state index is -4.12. The first-order valence-electron chi connectivity index (χ1n) is 13.8. The van der Waals surface area contributed by atoms with Crippen LogP contribution in [0, 0.1) is 20.8 Å². The topological polar surface area (TPSA) is 96.0 Å². The van der Waals surface area contributed by atoms with Gasteiger partial charge in [0.1, 0.15) is 18.3 Å². The summed E-state index contributed by atoms with van der Waals surface area (Å²) in [6.07, 6.45) is 1.74. The maximum Gasteiger partial charge on any atom is 0.264 e. The minimum absolute atomic E-state index is 0.0869. The Morgan fingerprint density at radius 2 is 1.56 bits per heavy atom. The fourth-order valence-electron chi connectivity index (χ4n) is 4.39. The maximum absolute atomic E-state index is 14.1. The van der Waals surface area contributed by atoms with E-state index in [2.05, 4.69) is 5.32 Å². The van der Waals surface area contributed by atoms with Crippen LogP contribution in [0.1, 0.15) is 48.9 Å². The number of carbonyl (C=O) groups excluding carboxylic acids is 2. The predicted octanol–water partition coefficient (Wildman–Crippen LogP) is 5.15. The molecule has 3 aromatic rings. The second-order valence-corrected chi connectivity index (χ2v) is 12.2. The van der Waals surface area contributed by atoms with E-state index in [1.165, 1.54) is 4.90 Å². The molecule has 0 aliphatic heterocycles. The molecule has 3 aromatic carbocycles. The zero-order valence-corrected chi connectivity index (χ0v) is 25.6. The molecule has 0 aliphatic carbocycles. The highest BCUT2D eigenvalue weighted by Gasteiger charge is 2.33. The van der Waals surface area contributed by atoms with Gasteiger partial charge in [0.25, 0.3) is 10.0 Å². The molecule has 0 bridgehead atoms. The van der Waals surface area contributed by atoms with Crippen LogP contribution in [-0.2, 0) is 26.2 Å². The number of sulfonamides is 1. The first kappa shape index (κ1) is 31.7. The molecule has 2 amide bonds. The number of rotatable bonds is 13. The van der Waals surface area contributed by atoms with Crippen molar-refractivity contribution in [2.45, 2.75) is 64.9 Å². The molecular formula is C32H41N3O5S. The molecule has 1 N–H and O–H groups in total. The maximum atomic E-state index is 14.1. The summed E-state index contributed by atoms with van der Waals surface area (Å²) < 4.78 is 34.5. The highest BCUT2D eigenvalue weighted by atomic mass is 32.2. The van der Waals surface area contributed by atoms with Crippen LogP contribution >= 0.6 is 0 Å². The van der Waals surface area contributed by atoms with Crippen LogP contribution in [0.3, 0.4) is 0 Å². The van der Waals surface area contributed by atoms with Gasteiger partial charge in [-0.3, -0.25) is 13.9 Å². The fraction of sp³-hybridized carbons (Fsp3) is 0.375. The zero-order valence-electron chi connectivity index (χ0n) is 24.8. The number of hydrogen-bond donors (Lipinski definition) is 1. The average Bonchev–Trinajstić information content (AvgIpc) is 2.96. The van der Waals surface area contributed by atoms with Gasteiger partial charge in [-0.15, -0.1) is 0 Å². The van der Waals surface area contributed by atoms with E-state index < -0.39 is 28.5 Å². The van der Waals surface area contributed by atoms with Gasteiger partial charge in [-0.05, 0) is 81.1 Å². The van der Waals surface area contributed by atoms with Crippen LogP contribution in [0.25, 0.3) is 0 Å². The van der Waals surface area contributed by atoms with Crippen molar-refractivity contribution >= 4 is 27.5 Å². The second kappa shape index (κ2) is 14.2. The molecule has 0 unspecified atom stereocenters. The third-order valence-electron chi connectivity index (χ3n) is 7.03. The number of nitrogens with zero attached hydrogens (tertiary/aromatic N) is 2. The Kier molecular flexibility index (Phi) is 10.9. The van der Waals surface area contributed by atoms with Gasteiger partial charge in [0.05, 0.1) is 17.7 Å². The van der Waals surface area contributed by atoms with Crippen molar-refractivity contribution < 1.29 is 22.7 Å². The number of nitrogens with one attached hydrogen (secondary N) is 1. The van der Waals surface area contributed by atoms with E-state index in [1.54, 1.807) is 56.5 Å². The van der Waals surface area contributed by atoms with Crippen LogP contribution in [0.5, 0.6) is 5.75 Å². The molecule has 220 valence electrons. The number of anilines is 1. The Labute approximate surface area is 244 Å². The van der Waals surface area contributed by atoms with Gasteiger partial charge in [0.2, 0.25) is 11.8 Å². The van der Waals surface area contributed by atoms with Gasteiger partial charge in [0, 0.05) is 13.1 Å². The highest BCUT2D eigenvalue weighted by molar-refractivity contribution is 7.92. The van der Waals surface area contributed by atoms with Crippen molar-refractivity contribution in [3.05, 3.63) is 89.0 Å². The van der Waals surface area contributed by atoms with E-state index in [9.17, 15) is 18.0 Å². The van der Waals surface area contributed by atoms with Gasteiger partial charge in [-0.25, -0.2) is 8.42 Å². The highest BCUT2D eigenvalue weighted by Crippen LogP contribution is 2.29. The van der Waals surface area contributed by atoms with Crippen LogP contribution in [0.15, 0.2) is 71.6 Å². The molecule has 0 heterocycles. The predicted molar refractivity (Wildman–Crippen MR) is 163 cm³/mol. The summed E-state index contributed by atoms with van der Waals surface area (Å²) in [5.41, 5.74) is 3.70. The Morgan fingerprint density at radius 1 is 0.927 bits per heavy atom. The first-order chi connectivity index (χ1) is 19.5. The van der Waals surface area contributed by atoms with Gasteiger partial charge >= 0.3 is 0 Å². The normalized spacial score (nSPS) is 12.0. The van der Waals surface area contributed by atoms with E-state index in [-0.39, 0.29) is 17.3 Å². The SMILES string of the molecule is CCCCNC(=O)[C@H](C)N(Cc1ccc(OC)cc1)C(=O)CN(c1cc(C)ccc1C)S(=O)(=O)c1ccc(C)cc1. The van der Waals surface area contributed by atoms with Crippen LogP contribution < -0.4 is 14.4 Å². The number of unbranched alkanes of at least 4 members (excludes halogenated alkanes) is 1. The van der Waals surface area contributed by atoms with Crippen molar-refractivity contribution in [3.8, 4) is 5.75 Å². The molecule has 0 spiro atoms. The molecule has 0 aliphatic rings. The van der Waals surface area contributed by atoms with E-state index in [0.29, 0.717) is 23.5 Å². The molecule has 1 atom stereocenters. The number of carbonyl (C=O) groups is 2. The lowest BCUT2D eigenvalue weighted by Gasteiger charge is -2.32. The van der Waals surface area contributed by atoms with E-state index in [4.69, 9.17) is 4.74 Å². The average molecular weight is 580 g/mol. The largest absolute Gasteiger partial charge is 0.497 e. The summed E-state index contributed by atoms with van der Waals surface area (Å²) in [6.45, 7) is 9.42. The lowest BCUT2D eigenvalue weighted by molar-refractivity contribution is -0.139. The second-order valence-electron chi connectivity index (χ2n) is 10.3. The third kappa shape index (κ3) is 8.10. The van der Waals surface area contributed by atoms with Crippen LogP contribution in [-0.4, -0.2) is 51.4 Å². The number of amides is 2. The van der Waals surface area contributed by atoms with Gasteiger partial charge < -0.3 is 15.0 Å². The van der Waals surface area contributed by atoms with Gasteiger partial charge in [-0.1, -0.05) is 55.3 Å². The lowest BCUT2D eigenvalue weighted by Crippen LogP contribution is -2.51. The monoisotopic (exact) mass is 579 g/mol.